The van der Waals surface area contributed by atoms with Gasteiger partial charge in [0.15, 0.2) is 0 Å². The molecule has 0 amide bonds. The molecule has 26 heavy (non-hydrogen) atoms. The van der Waals surface area contributed by atoms with Gasteiger partial charge in [0, 0.05) is 24.2 Å². The molecule has 0 radical (unpaired) electrons. The topological polar surface area (TPSA) is 92.9 Å². The predicted molar refractivity (Wildman–Crippen MR) is 110 cm³/mol. The van der Waals surface area contributed by atoms with Crippen molar-refractivity contribution in [3.05, 3.63) is 52.9 Å². The summed E-state index contributed by atoms with van der Waals surface area (Å²) in [4.78, 5) is 12.3. The minimum Gasteiger partial charge on any atom is -0.507 e. The van der Waals surface area contributed by atoms with Crippen LogP contribution in [0.15, 0.2) is 47.4 Å². The van der Waals surface area contributed by atoms with Gasteiger partial charge in [-0.25, -0.2) is 4.68 Å². The van der Waals surface area contributed by atoms with Crippen LogP contribution in [0.25, 0.3) is 22.4 Å². The van der Waals surface area contributed by atoms with Gasteiger partial charge in [0.05, 0.1) is 11.9 Å². The Hall–Kier alpha value is -3.03. The molecule has 0 spiro atoms. The molecule has 0 bridgehead atoms. The minimum atomic E-state index is -0.389. The van der Waals surface area contributed by atoms with Crippen molar-refractivity contribution in [2.24, 2.45) is 0 Å². The number of hydrogen-bond acceptors (Lipinski definition) is 6. The lowest BCUT2D eigenvalue weighted by Crippen LogP contribution is -2.44. The molecule has 0 unspecified atom stereocenters. The van der Waals surface area contributed by atoms with E-state index < -0.39 is 0 Å². The number of anilines is 1. The van der Waals surface area contributed by atoms with Gasteiger partial charge in [0.2, 0.25) is 0 Å². The van der Waals surface area contributed by atoms with E-state index in [1.54, 1.807) is 37.5 Å². The van der Waals surface area contributed by atoms with Crippen LogP contribution in [-0.4, -0.2) is 55.7 Å². The molecule has 2 N–H and O–H groups in total. The number of phenolic OH excluding ortho intramolecular Hbond substituents is 1. The summed E-state index contributed by atoms with van der Waals surface area (Å²) in [6, 6.07) is 10.3. The molecule has 7 nitrogen and oxygen atoms in total. The molecule has 3 rings (SSSR count). The summed E-state index contributed by atoms with van der Waals surface area (Å²) in [7, 11) is 7.52. The Morgan fingerprint density at radius 2 is 1.85 bits per heavy atom. The summed E-state index contributed by atoms with van der Waals surface area (Å²) in [5.74, 6) is 0.712. The fourth-order valence-corrected chi connectivity index (χ4v) is 2.61. The van der Waals surface area contributed by atoms with Crippen LogP contribution >= 0.6 is 0 Å². The van der Waals surface area contributed by atoms with Crippen molar-refractivity contribution in [2.45, 2.75) is 5.24 Å². The van der Waals surface area contributed by atoms with Crippen molar-refractivity contribution < 1.29 is 5.11 Å². The Kier molecular flexibility index (Phi) is 4.59. The summed E-state index contributed by atoms with van der Waals surface area (Å²) in [6.07, 6.45) is 1.63. The zero-order valence-corrected chi connectivity index (χ0v) is 15.2. The first-order valence-electron chi connectivity index (χ1n) is 8.25. The molecular formula is C16H18B3N5O2. The van der Waals surface area contributed by atoms with Gasteiger partial charge in [-0.1, -0.05) is 6.07 Å². The second-order valence-electron chi connectivity index (χ2n) is 6.95. The molecule has 0 aliphatic rings. The van der Waals surface area contributed by atoms with Gasteiger partial charge in [-0.3, -0.25) is 4.79 Å². The Morgan fingerprint density at radius 3 is 2.38 bits per heavy atom. The summed E-state index contributed by atoms with van der Waals surface area (Å²) in [5.41, 5.74) is 2.30. The van der Waals surface area contributed by atoms with Crippen LogP contribution in [0, 0.1) is 0 Å². The van der Waals surface area contributed by atoms with Crippen molar-refractivity contribution in [1.82, 2.24) is 20.0 Å². The van der Waals surface area contributed by atoms with Crippen molar-refractivity contribution in [2.75, 3.05) is 12.4 Å². The van der Waals surface area contributed by atoms with Gasteiger partial charge in [-0.05, 0) is 35.1 Å². The average molecular weight is 345 g/mol. The summed E-state index contributed by atoms with van der Waals surface area (Å²) < 4.78 is 1.43. The quantitative estimate of drug-likeness (QED) is 0.564. The third-order valence-electron chi connectivity index (χ3n) is 3.96. The van der Waals surface area contributed by atoms with E-state index in [0.29, 0.717) is 28.2 Å². The molecule has 0 aliphatic carbocycles. The normalized spacial score (nSPS) is 11.3. The highest BCUT2D eigenvalue weighted by Crippen LogP contribution is 2.31. The highest BCUT2D eigenvalue weighted by Gasteiger charge is 2.17. The summed E-state index contributed by atoms with van der Waals surface area (Å²) in [6.45, 7) is 0. The van der Waals surface area contributed by atoms with Crippen LogP contribution in [0.1, 0.15) is 0 Å². The fourth-order valence-electron chi connectivity index (χ4n) is 2.61. The fraction of sp³-hybridized carbons (Fsp3) is 0.125. The number of phenols is 1. The smallest absolute Gasteiger partial charge is 0.265 e. The highest BCUT2D eigenvalue weighted by atomic mass is 16.3. The first-order valence-corrected chi connectivity index (χ1v) is 8.25. The number of nitrogens with one attached hydrogen (secondary N) is 1. The number of aromatic nitrogens is 4. The van der Waals surface area contributed by atoms with E-state index in [0.717, 1.165) is 0 Å². The number of benzene rings is 1. The predicted octanol–water partition coefficient (Wildman–Crippen LogP) is -1.42. The average Bonchev–Trinajstić information content (AvgIpc) is 2.60. The monoisotopic (exact) mass is 345 g/mol. The molecule has 0 saturated carbocycles. The first kappa shape index (κ1) is 17.8. The van der Waals surface area contributed by atoms with Crippen LogP contribution in [0.4, 0.5) is 5.82 Å². The summed E-state index contributed by atoms with van der Waals surface area (Å²) >= 11 is 0. The Balaban J connectivity index is 1.97. The van der Waals surface area contributed by atoms with E-state index in [1.165, 1.54) is 10.7 Å². The zero-order chi connectivity index (χ0) is 18.9. The van der Waals surface area contributed by atoms with E-state index >= 15 is 0 Å². The molecular weight excluding hydrogens is 327 g/mol. The third kappa shape index (κ3) is 3.49. The molecule has 0 saturated heterocycles. The Labute approximate surface area is 153 Å². The largest absolute Gasteiger partial charge is 0.507 e. The molecule has 128 valence electrons. The van der Waals surface area contributed by atoms with Crippen molar-refractivity contribution in [3.63, 3.8) is 0 Å². The van der Waals surface area contributed by atoms with Crippen molar-refractivity contribution in [3.8, 4) is 28.1 Å². The van der Waals surface area contributed by atoms with Crippen LogP contribution in [0.3, 0.4) is 0 Å². The van der Waals surface area contributed by atoms with Crippen LogP contribution in [-0.2, 0) is 5.24 Å². The van der Waals surface area contributed by atoms with E-state index in [1.807, 2.05) is 29.6 Å². The molecule has 0 atom stereocenters. The maximum absolute atomic E-state index is 12.3. The molecule has 3 aromatic rings. The van der Waals surface area contributed by atoms with Crippen LogP contribution in [0.5, 0.6) is 5.75 Å². The second kappa shape index (κ2) is 6.70. The lowest BCUT2D eigenvalue weighted by molar-refractivity contribution is 0.477. The van der Waals surface area contributed by atoms with E-state index in [2.05, 4.69) is 20.6 Å². The molecule has 2 aromatic heterocycles. The highest BCUT2D eigenvalue weighted by molar-refractivity contribution is 6.56. The van der Waals surface area contributed by atoms with Gasteiger partial charge in [-0.15, -0.1) is 10.2 Å². The molecule has 1 aromatic carbocycles. The van der Waals surface area contributed by atoms with Gasteiger partial charge in [-0.2, -0.15) is 5.10 Å². The van der Waals surface area contributed by atoms with Crippen LogP contribution < -0.4 is 10.9 Å². The van der Waals surface area contributed by atoms with E-state index in [9.17, 15) is 9.90 Å². The van der Waals surface area contributed by atoms with E-state index in [4.69, 9.17) is 0 Å². The second-order valence-corrected chi connectivity index (χ2v) is 6.95. The molecule has 0 aliphatic heterocycles. The third-order valence-corrected chi connectivity index (χ3v) is 3.96. The maximum atomic E-state index is 12.3. The SMILES string of the molecule is BC(B)(B)n1ncc(-c2ccc(-c3ccc(NC)nn3)c(O)c2)cc1=O. The molecule has 2 heterocycles. The Bertz CT molecular complexity index is 1000. The Morgan fingerprint density at radius 1 is 1.08 bits per heavy atom. The standard InChI is InChI=1S/C16H18B3N5O2/c1-20-14-5-4-12(22-23-14)11-3-2-9(6-13(11)25)10-7-15(26)24(21-8-10)16(17,18)19/h2-8,25H,17-19H2,1H3,(H,20,23). The van der Waals surface area contributed by atoms with Crippen molar-refractivity contribution in [1.29, 1.82) is 0 Å². The summed E-state index contributed by atoms with van der Waals surface area (Å²) in [5, 5.41) is 25.3. The lowest BCUT2D eigenvalue weighted by atomic mass is 9.49. The number of aromatic hydroxyl groups is 1. The number of hydrogen-bond donors (Lipinski definition) is 2. The van der Waals surface area contributed by atoms with Crippen molar-refractivity contribution >= 4 is 29.4 Å². The number of nitrogens with zero attached hydrogens (tertiary/aromatic N) is 4. The van der Waals surface area contributed by atoms with Crippen LogP contribution in [0.2, 0.25) is 0 Å². The first-order chi connectivity index (χ1) is 12.3. The lowest BCUT2D eigenvalue weighted by Gasteiger charge is -2.20. The van der Waals surface area contributed by atoms with Gasteiger partial charge in [0.1, 0.15) is 35.1 Å². The van der Waals surface area contributed by atoms with Gasteiger partial charge in [0.25, 0.3) is 5.56 Å². The maximum Gasteiger partial charge on any atom is 0.265 e. The van der Waals surface area contributed by atoms with E-state index in [-0.39, 0.29) is 16.5 Å². The minimum absolute atomic E-state index is 0.0639. The van der Waals surface area contributed by atoms with Gasteiger partial charge >= 0.3 is 0 Å². The number of rotatable bonds is 4. The molecule has 10 heteroatoms. The zero-order valence-electron chi connectivity index (χ0n) is 15.2. The molecule has 0 fully saturated rings. The van der Waals surface area contributed by atoms with Gasteiger partial charge < -0.3 is 10.4 Å².